The Morgan fingerprint density at radius 1 is 0.857 bits per heavy atom. The second kappa shape index (κ2) is 12.8. The third-order valence-corrected chi connectivity index (χ3v) is 4.68. The molecule has 0 amide bonds. The number of aromatic carboxylic acids is 1. The van der Waals surface area contributed by atoms with Gasteiger partial charge in [0, 0.05) is 0 Å². The van der Waals surface area contributed by atoms with Crippen molar-refractivity contribution in [2.24, 2.45) is 0 Å². The average molecular weight is 385 g/mol. The standard InChI is InChI=1S/C24H32O4/c1-2-3-4-5-6-7-8-11-17-27-21-14-12-13-20(18-21)19-28-23-16-10-9-15-22(23)24(25)26/h9-10,12-16,18H,2-8,11,17,19H2,1H3,(H,25,26). The third-order valence-electron chi connectivity index (χ3n) is 4.68. The van der Waals surface area contributed by atoms with Gasteiger partial charge in [0.1, 0.15) is 23.7 Å². The maximum Gasteiger partial charge on any atom is 0.339 e. The van der Waals surface area contributed by atoms with Gasteiger partial charge >= 0.3 is 5.97 Å². The SMILES string of the molecule is CCCCCCCCCCOc1cccc(COc2ccccc2C(=O)O)c1. The molecule has 2 aromatic rings. The van der Waals surface area contributed by atoms with Crippen LogP contribution in [0.2, 0.25) is 0 Å². The average Bonchev–Trinajstić information content (AvgIpc) is 2.71. The summed E-state index contributed by atoms with van der Waals surface area (Å²) in [5.74, 6) is 0.217. The van der Waals surface area contributed by atoms with Gasteiger partial charge in [-0.2, -0.15) is 0 Å². The Balaban J connectivity index is 1.70. The molecule has 0 aliphatic heterocycles. The number of para-hydroxylation sites is 1. The van der Waals surface area contributed by atoms with Crippen LogP contribution in [-0.4, -0.2) is 17.7 Å². The van der Waals surface area contributed by atoms with Crippen LogP contribution in [0.1, 0.15) is 74.2 Å². The van der Waals surface area contributed by atoms with E-state index in [2.05, 4.69) is 6.92 Å². The van der Waals surface area contributed by atoms with E-state index >= 15 is 0 Å². The number of ether oxygens (including phenoxy) is 2. The van der Waals surface area contributed by atoms with Crippen LogP contribution in [0.3, 0.4) is 0 Å². The highest BCUT2D eigenvalue weighted by Crippen LogP contribution is 2.21. The van der Waals surface area contributed by atoms with Crippen LogP contribution < -0.4 is 9.47 Å². The molecule has 4 heteroatoms. The second-order valence-corrected chi connectivity index (χ2v) is 7.06. The number of carboxylic acid groups (broad SMARTS) is 1. The normalized spacial score (nSPS) is 10.6. The van der Waals surface area contributed by atoms with E-state index in [4.69, 9.17) is 9.47 Å². The van der Waals surface area contributed by atoms with Gasteiger partial charge in [0.15, 0.2) is 0 Å². The van der Waals surface area contributed by atoms with Gasteiger partial charge in [-0.25, -0.2) is 4.79 Å². The summed E-state index contributed by atoms with van der Waals surface area (Å²) in [7, 11) is 0. The van der Waals surface area contributed by atoms with E-state index in [-0.39, 0.29) is 5.56 Å². The Labute approximate surface area is 168 Å². The zero-order chi connectivity index (χ0) is 20.0. The summed E-state index contributed by atoms with van der Waals surface area (Å²) >= 11 is 0. The van der Waals surface area contributed by atoms with Crippen molar-refractivity contribution in [3.05, 3.63) is 59.7 Å². The van der Waals surface area contributed by atoms with Crippen molar-refractivity contribution < 1.29 is 19.4 Å². The molecule has 0 spiro atoms. The molecule has 4 nitrogen and oxygen atoms in total. The Hall–Kier alpha value is -2.49. The van der Waals surface area contributed by atoms with E-state index in [1.165, 1.54) is 44.9 Å². The number of hydrogen-bond donors (Lipinski definition) is 1. The zero-order valence-electron chi connectivity index (χ0n) is 16.9. The maximum atomic E-state index is 11.2. The lowest BCUT2D eigenvalue weighted by Gasteiger charge is -2.11. The molecule has 0 bridgehead atoms. The van der Waals surface area contributed by atoms with Gasteiger partial charge in [-0.05, 0) is 36.2 Å². The molecular formula is C24H32O4. The molecule has 0 aliphatic carbocycles. The predicted octanol–water partition coefficient (Wildman–Crippen LogP) is 6.48. The first-order chi connectivity index (χ1) is 13.7. The van der Waals surface area contributed by atoms with E-state index in [0.29, 0.717) is 12.4 Å². The van der Waals surface area contributed by atoms with E-state index in [1.807, 2.05) is 24.3 Å². The lowest BCUT2D eigenvalue weighted by atomic mass is 10.1. The molecule has 28 heavy (non-hydrogen) atoms. The fraction of sp³-hybridized carbons (Fsp3) is 0.458. The molecule has 0 aromatic heterocycles. The van der Waals surface area contributed by atoms with Gasteiger partial charge in [0.25, 0.3) is 0 Å². The molecule has 0 fully saturated rings. The van der Waals surface area contributed by atoms with E-state index in [9.17, 15) is 9.90 Å². The molecule has 0 heterocycles. The van der Waals surface area contributed by atoms with E-state index < -0.39 is 5.97 Å². The fourth-order valence-electron chi connectivity index (χ4n) is 3.08. The molecule has 0 saturated heterocycles. The van der Waals surface area contributed by atoms with E-state index in [1.54, 1.807) is 24.3 Å². The Bertz CT molecular complexity index is 711. The number of rotatable bonds is 14. The van der Waals surface area contributed by atoms with Gasteiger partial charge in [-0.3, -0.25) is 0 Å². The predicted molar refractivity (Wildman–Crippen MR) is 112 cm³/mol. The van der Waals surface area contributed by atoms with Crippen LogP contribution in [0.5, 0.6) is 11.5 Å². The minimum absolute atomic E-state index is 0.171. The summed E-state index contributed by atoms with van der Waals surface area (Å²) in [5.41, 5.74) is 1.12. The van der Waals surface area contributed by atoms with E-state index in [0.717, 1.165) is 24.3 Å². The maximum absolute atomic E-state index is 11.2. The highest BCUT2D eigenvalue weighted by molar-refractivity contribution is 5.90. The minimum Gasteiger partial charge on any atom is -0.494 e. The van der Waals surface area contributed by atoms with Gasteiger partial charge in [0.2, 0.25) is 0 Å². The highest BCUT2D eigenvalue weighted by atomic mass is 16.5. The number of benzene rings is 2. The topological polar surface area (TPSA) is 55.8 Å². The van der Waals surface area contributed by atoms with Crippen LogP contribution >= 0.6 is 0 Å². The van der Waals surface area contributed by atoms with Crippen LogP contribution in [0.25, 0.3) is 0 Å². The molecule has 0 radical (unpaired) electrons. The first kappa shape index (κ1) is 21.8. The summed E-state index contributed by atoms with van der Waals surface area (Å²) in [6.07, 6.45) is 10.2. The molecule has 152 valence electrons. The molecule has 0 atom stereocenters. The number of hydrogen-bond acceptors (Lipinski definition) is 3. The lowest BCUT2D eigenvalue weighted by molar-refractivity contribution is 0.0691. The van der Waals surface area contributed by atoms with Gasteiger partial charge in [-0.1, -0.05) is 76.1 Å². The summed E-state index contributed by atoms with van der Waals surface area (Å²) in [5, 5.41) is 9.22. The smallest absolute Gasteiger partial charge is 0.339 e. The van der Waals surface area contributed by atoms with Crippen molar-refractivity contribution in [1.82, 2.24) is 0 Å². The van der Waals surface area contributed by atoms with Gasteiger partial charge in [-0.15, -0.1) is 0 Å². The number of unbranched alkanes of at least 4 members (excludes halogenated alkanes) is 7. The van der Waals surface area contributed by atoms with Crippen molar-refractivity contribution in [2.45, 2.75) is 64.9 Å². The number of carboxylic acids is 1. The zero-order valence-corrected chi connectivity index (χ0v) is 16.9. The summed E-state index contributed by atoms with van der Waals surface area (Å²) in [6, 6.07) is 14.5. The minimum atomic E-state index is -0.988. The number of carbonyl (C=O) groups is 1. The van der Waals surface area contributed by atoms with Crippen molar-refractivity contribution in [1.29, 1.82) is 0 Å². The van der Waals surface area contributed by atoms with Crippen LogP contribution in [-0.2, 0) is 6.61 Å². The van der Waals surface area contributed by atoms with Crippen molar-refractivity contribution in [3.63, 3.8) is 0 Å². The lowest BCUT2D eigenvalue weighted by Crippen LogP contribution is -2.03. The van der Waals surface area contributed by atoms with Crippen LogP contribution in [0.4, 0.5) is 0 Å². The Morgan fingerprint density at radius 2 is 1.57 bits per heavy atom. The molecule has 2 aromatic carbocycles. The summed E-state index contributed by atoms with van der Waals surface area (Å²) < 4.78 is 11.6. The Morgan fingerprint density at radius 3 is 2.32 bits per heavy atom. The monoisotopic (exact) mass is 384 g/mol. The fourth-order valence-corrected chi connectivity index (χ4v) is 3.08. The van der Waals surface area contributed by atoms with Crippen molar-refractivity contribution >= 4 is 5.97 Å². The van der Waals surface area contributed by atoms with Crippen LogP contribution in [0.15, 0.2) is 48.5 Å². The molecule has 2 rings (SSSR count). The summed E-state index contributed by atoms with van der Waals surface area (Å²) in [6.45, 7) is 3.27. The molecule has 0 unspecified atom stereocenters. The van der Waals surface area contributed by atoms with Gasteiger partial charge in [0.05, 0.1) is 6.61 Å². The van der Waals surface area contributed by atoms with Gasteiger partial charge < -0.3 is 14.6 Å². The van der Waals surface area contributed by atoms with Crippen LogP contribution in [0, 0.1) is 0 Å². The molecule has 0 aliphatic rings. The molecule has 1 N–H and O–H groups in total. The summed E-state index contributed by atoms with van der Waals surface area (Å²) in [4.78, 5) is 11.2. The third kappa shape index (κ3) is 8.03. The van der Waals surface area contributed by atoms with Crippen molar-refractivity contribution in [3.8, 4) is 11.5 Å². The Kier molecular flexibility index (Phi) is 9.98. The second-order valence-electron chi connectivity index (χ2n) is 7.06. The first-order valence-corrected chi connectivity index (χ1v) is 10.4. The van der Waals surface area contributed by atoms with Crippen molar-refractivity contribution in [2.75, 3.05) is 6.61 Å². The molecular weight excluding hydrogens is 352 g/mol. The first-order valence-electron chi connectivity index (χ1n) is 10.4. The quantitative estimate of drug-likeness (QED) is 0.379. The highest BCUT2D eigenvalue weighted by Gasteiger charge is 2.10. The largest absolute Gasteiger partial charge is 0.494 e. The molecule has 0 saturated carbocycles.